The molecule has 0 spiro atoms. The molecule has 0 saturated heterocycles. The number of carbonyl (C=O) groups is 2. The number of benzene rings is 1. The minimum absolute atomic E-state index is 0.0400. The van der Waals surface area contributed by atoms with Crippen LogP contribution in [0.15, 0.2) is 30.3 Å². The van der Waals surface area contributed by atoms with E-state index < -0.39 is 0 Å². The highest BCUT2D eigenvalue weighted by Crippen LogP contribution is 2.32. The number of rotatable bonds is 4. The van der Waals surface area contributed by atoms with Crippen molar-refractivity contribution in [2.24, 2.45) is 5.92 Å². The van der Waals surface area contributed by atoms with Crippen LogP contribution >= 0.6 is 11.3 Å². The predicted molar refractivity (Wildman–Crippen MR) is 85.7 cm³/mol. The topological polar surface area (TPSA) is 61.8 Å². The summed E-state index contributed by atoms with van der Waals surface area (Å²) in [6.07, 6.45) is 0.539. The first kappa shape index (κ1) is 15.6. The van der Waals surface area contributed by atoms with Crippen LogP contribution in [-0.2, 0) is 11.2 Å². The lowest BCUT2D eigenvalue weighted by atomic mass is 9.92. The minimum atomic E-state index is -0.359. The average Bonchev–Trinajstić information content (AvgIpc) is 3.05. The first-order valence-corrected chi connectivity index (χ1v) is 7.96. The van der Waals surface area contributed by atoms with E-state index in [0.717, 1.165) is 4.88 Å². The number of carbonyl (C=O) groups excluding carboxylic acids is 2. The van der Waals surface area contributed by atoms with Gasteiger partial charge in [0.1, 0.15) is 16.4 Å². The van der Waals surface area contributed by atoms with Gasteiger partial charge >= 0.3 is 5.97 Å². The van der Waals surface area contributed by atoms with Crippen LogP contribution in [0.25, 0.3) is 0 Å². The molecule has 5 nitrogen and oxygen atoms in total. The Hall–Kier alpha value is -2.34. The fourth-order valence-corrected chi connectivity index (χ4v) is 3.54. The van der Waals surface area contributed by atoms with Crippen molar-refractivity contribution in [2.75, 3.05) is 20.8 Å². The van der Waals surface area contributed by atoms with Crippen molar-refractivity contribution in [3.63, 3.8) is 0 Å². The Bertz CT molecular complexity index is 749. The summed E-state index contributed by atoms with van der Waals surface area (Å²) < 4.78 is 15.6. The van der Waals surface area contributed by atoms with Crippen LogP contribution in [0.1, 0.15) is 24.9 Å². The van der Waals surface area contributed by atoms with Crippen molar-refractivity contribution in [1.29, 1.82) is 0 Å². The smallest absolute Gasteiger partial charge is 0.348 e. The molecule has 1 aromatic carbocycles. The van der Waals surface area contributed by atoms with E-state index in [1.54, 1.807) is 31.4 Å². The van der Waals surface area contributed by atoms with Crippen molar-refractivity contribution in [3.8, 4) is 11.5 Å². The number of ether oxygens (including phenoxy) is 3. The summed E-state index contributed by atoms with van der Waals surface area (Å²) in [4.78, 5) is 25.7. The third-order valence-corrected chi connectivity index (χ3v) is 4.85. The van der Waals surface area contributed by atoms with Gasteiger partial charge in [-0.3, -0.25) is 4.79 Å². The highest BCUT2D eigenvalue weighted by molar-refractivity contribution is 7.13. The Morgan fingerprint density at radius 3 is 2.87 bits per heavy atom. The number of esters is 1. The number of hydrogen-bond acceptors (Lipinski definition) is 6. The van der Waals surface area contributed by atoms with E-state index in [1.165, 1.54) is 18.4 Å². The molecule has 1 atom stereocenters. The zero-order valence-corrected chi connectivity index (χ0v) is 13.6. The lowest BCUT2D eigenvalue weighted by Crippen LogP contribution is -2.29. The van der Waals surface area contributed by atoms with Gasteiger partial charge in [0.2, 0.25) is 0 Å². The lowest BCUT2D eigenvalue weighted by molar-refractivity contribution is 0.0606. The van der Waals surface area contributed by atoms with E-state index in [-0.39, 0.29) is 17.7 Å². The first-order valence-electron chi connectivity index (χ1n) is 7.14. The molecule has 1 aromatic heterocycles. The number of ketones is 1. The SMILES string of the molecule is COC(=O)c1ccc(CC2COc3ccc(OC)cc3C2=O)s1. The summed E-state index contributed by atoms with van der Waals surface area (Å²) >= 11 is 1.34. The quantitative estimate of drug-likeness (QED) is 0.806. The average molecular weight is 332 g/mol. The molecule has 2 heterocycles. The number of thiophene rings is 1. The molecule has 0 fully saturated rings. The van der Waals surface area contributed by atoms with Crippen LogP contribution in [0, 0.1) is 5.92 Å². The molecule has 0 saturated carbocycles. The zero-order valence-electron chi connectivity index (χ0n) is 12.8. The second-order valence-electron chi connectivity index (χ2n) is 5.20. The summed E-state index contributed by atoms with van der Waals surface area (Å²) in [5, 5.41) is 0. The summed E-state index contributed by atoms with van der Waals surface area (Å²) in [6.45, 7) is 0.337. The maximum absolute atomic E-state index is 12.7. The first-order chi connectivity index (χ1) is 11.1. The van der Waals surface area contributed by atoms with Gasteiger partial charge in [-0.15, -0.1) is 11.3 Å². The number of Topliss-reactive ketones (excluding diaryl/α,β-unsaturated/α-hetero) is 1. The van der Waals surface area contributed by atoms with Crippen molar-refractivity contribution < 1.29 is 23.8 Å². The standard InChI is InChI=1S/C17H16O5S/c1-20-11-3-5-14-13(8-11)16(18)10(9-22-14)7-12-4-6-15(23-12)17(19)21-2/h3-6,8,10H,7,9H2,1-2H3. The predicted octanol–water partition coefficient (Wildman–Crippen LogP) is 2.98. The molecule has 0 amide bonds. The monoisotopic (exact) mass is 332 g/mol. The molecule has 2 aromatic rings. The van der Waals surface area contributed by atoms with Gasteiger partial charge in [-0.05, 0) is 36.8 Å². The third-order valence-electron chi connectivity index (χ3n) is 3.76. The largest absolute Gasteiger partial charge is 0.497 e. The van der Waals surface area contributed by atoms with Crippen molar-refractivity contribution >= 4 is 23.1 Å². The number of methoxy groups -OCH3 is 2. The van der Waals surface area contributed by atoms with E-state index in [1.807, 2.05) is 6.07 Å². The summed E-state index contributed by atoms with van der Waals surface area (Å²) in [5.41, 5.74) is 0.547. The van der Waals surface area contributed by atoms with E-state index in [2.05, 4.69) is 0 Å². The molecule has 6 heteroatoms. The van der Waals surface area contributed by atoms with Gasteiger partial charge in [-0.2, -0.15) is 0 Å². The number of fused-ring (bicyclic) bond motifs is 1. The van der Waals surface area contributed by atoms with Gasteiger partial charge in [0, 0.05) is 4.88 Å². The molecule has 1 aliphatic heterocycles. The van der Waals surface area contributed by atoms with Gasteiger partial charge < -0.3 is 14.2 Å². The van der Waals surface area contributed by atoms with Gasteiger partial charge in [-0.1, -0.05) is 0 Å². The molecule has 120 valence electrons. The van der Waals surface area contributed by atoms with E-state index in [4.69, 9.17) is 14.2 Å². The minimum Gasteiger partial charge on any atom is -0.497 e. The summed E-state index contributed by atoms with van der Waals surface area (Å²) in [5.74, 6) is 0.637. The van der Waals surface area contributed by atoms with Crippen LogP contribution in [0.2, 0.25) is 0 Å². The third kappa shape index (κ3) is 3.07. The second-order valence-corrected chi connectivity index (χ2v) is 6.36. The molecule has 3 rings (SSSR count). The van der Waals surface area contributed by atoms with Crippen LogP contribution in [0.4, 0.5) is 0 Å². The normalized spacial score (nSPS) is 16.4. The van der Waals surface area contributed by atoms with Gasteiger partial charge in [-0.25, -0.2) is 4.79 Å². The molecule has 0 bridgehead atoms. The fourth-order valence-electron chi connectivity index (χ4n) is 2.53. The second kappa shape index (κ2) is 6.42. The van der Waals surface area contributed by atoms with Gasteiger partial charge in [0.25, 0.3) is 0 Å². The van der Waals surface area contributed by atoms with Crippen molar-refractivity contribution in [2.45, 2.75) is 6.42 Å². The van der Waals surface area contributed by atoms with E-state index in [9.17, 15) is 9.59 Å². The Labute approximate surface area is 137 Å². The maximum atomic E-state index is 12.7. The fraction of sp³-hybridized carbons (Fsp3) is 0.294. The van der Waals surface area contributed by atoms with Gasteiger partial charge in [0.15, 0.2) is 5.78 Å². The molecule has 0 radical (unpaired) electrons. The van der Waals surface area contributed by atoms with E-state index in [0.29, 0.717) is 35.0 Å². The maximum Gasteiger partial charge on any atom is 0.348 e. The molecule has 1 unspecified atom stereocenters. The Balaban J connectivity index is 1.78. The lowest BCUT2D eigenvalue weighted by Gasteiger charge is -2.24. The Kier molecular flexibility index (Phi) is 4.34. The Morgan fingerprint density at radius 2 is 2.13 bits per heavy atom. The Morgan fingerprint density at radius 1 is 1.30 bits per heavy atom. The summed E-state index contributed by atoms with van der Waals surface area (Å²) in [6, 6.07) is 8.80. The molecule has 0 N–H and O–H groups in total. The molecule has 1 aliphatic rings. The van der Waals surface area contributed by atoms with E-state index >= 15 is 0 Å². The van der Waals surface area contributed by atoms with Crippen LogP contribution in [0.3, 0.4) is 0 Å². The van der Waals surface area contributed by atoms with Crippen molar-refractivity contribution in [1.82, 2.24) is 0 Å². The molecule has 23 heavy (non-hydrogen) atoms. The highest BCUT2D eigenvalue weighted by Gasteiger charge is 2.30. The molecular formula is C17H16O5S. The highest BCUT2D eigenvalue weighted by atomic mass is 32.1. The zero-order chi connectivity index (χ0) is 16.4. The van der Waals surface area contributed by atoms with Crippen LogP contribution in [-0.4, -0.2) is 32.6 Å². The number of hydrogen-bond donors (Lipinski definition) is 0. The van der Waals surface area contributed by atoms with Crippen molar-refractivity contribution in [3.05, 3.63) is 45.6 Å². The van der Waals surface area contributed by atoms with Crippen LogP contribution < -0.4 is 9.47 Å². The molecule has 0 aliphatic carbocycles. The van der Waals surface area contributed by atoms with Gasteiger partial charge in [0.05, 0.1) is 32.3 Å². The van der Waals surface area contributed by atoms with Crippen LogP contribution in [0.5, 0.6) is 11.5 Å². The summed E-state index contributed by atoms with van der Waals surface area (Å²) in [7, 11) is 2.91. The molecular weight excluding hydrogens is 316 g/mol.